The lowest BCUT2D eigenvalue weighted by Crippen LogP contribution is -2.40. The number of benzene rings is 1. The summed E-state index contributed by atoms with van der Waals surface area (Å²) in [6.07, 6.45) is -4.44. The second kappa shape index (κ2) is 5.46. The molecule has 1 unspecified atom stereocenters. The summed E-state index contributed by atoms with van der Waals surface area (Å²) in [6.45, 7) is 3.03. The third-order valence-electron chi connectivity index (χ3n) is 2.97. The molecular formula is C13H17F4NO. The van der Waals surface area contributed by atoms with Crippen LogP contribution in [0.15, 0.2) is 18.2 Å². The minimum absolute atomic E-state index is 0.147. The lowest BCUT2D eigenvalue weighted by Gasteiger charge is -2.31. The highest BCUT2D eigenvalue weighted by Gasteiger charge is 2.34. The Hall–Kier alpha value is -1.14. The van der Waals surface area contributed by atoms with E-state index in [4.69, 9.17) is 10.8 Å². The fraction of sp³-hybridized carbons (Fsp3) is 0.538. The van der Waals surface area contributed by atoms with Gasteiger partial charge < -0.3 is 10.8 Å². The van der Waals surface area contributed by atoms with Gasteiger partial charge in [0.25, 0.3) is 0 Å². The zero-order valence-corrected chi connectivity index (χ0v) is 10.8. The van der Waals surface area contributed by atoms with Crippen LogP contribution in [0.3, 0.4) is 0 Å². The van der Waals surface area contributed by atoms with Gasteiger partial charge in [0.15, 0.2) is 0 Å². The molecule has 0 fully saturated rings. The molecule has 0 heterocycles. The van der Waals surface area contributed by atoms with E-state index in [1.165, 1.54) is 0 Å². The maximum absolute atomic E-state index is 13.3. The summed E-state index contributed by atoms with van der Waals surface area (Å²) < 4.78 is 51.3. The molecular weight excluding hydrogens is 262 g/mol. The van der Waals surface area contributed by atoms with Crippen molar-refractivity contribution in [2.75, 3.05) is 6.61 Å². The van der Waals surface area contributed by atoms with Crippen molar-refractivity contribution in [2.24, 2.45) is 5.73 Å². The van der Waals surface area contributed by atoms with Crippen molar-refractivity contribution in [1.82, 2.24) is 0 Å². The number of aliphatic hydroxyl groups excluding tert-OH is 1. The fourth-order valence-electron chi connectivity index (χ4n) is 2.07. The summed E-state index contributed by atoms with van der Waals surface area (Å²) in [7, 11) is 0. The van der Waals surface area contributed by atoms with Crippen LogP contribution in [0, 0.1) is 5.82 Å². The zero-order valence-electron chi connectivity index (χ0n) is 10.8. The third-order valence-corrected chi connectivity index (χ3v) is 2.97. The predicted octanol–water partition coefficient (Wildman–Crippen LogP) is 3.05. The molecule has 0 aromatic heterocycles. The molecule has 0 aliphatic carbocycles. The van der Waals surface area contributed by atoms with E-state index < -0.39 is 29.0 Å². The smallest absolute Gasteiger partial charge is 0.396 e. The molecule has 1 aromatic rings. The molecule has 0 saturated heterocycles. The van der Waals surface area contributed by atoms with E-state index in [1.54, 1.807) is 13.8 Å². The highest BCUT2D eigenvalue weighted by Crippen LogP contribution is 2.35. The Kier molecular flexibility index (Phi) is 4.58. The summed E-state index contributed by atoms with van der Waals surface area (Å²) in [6, 6.07) is 2.37. The molecule has 0 aliphatic heterocycles. The largest absolute Gasteiger partial charge is 0.416 e. The van der Waals surface area contributed by atoms with E-state index in [2.05, 4.69) is 0 Å². The van der Waals surface area contributed by atoms with E-state index in [9.17, 15) is 17.6 Å². The van der Waals surface area contributed by atoms with Gasteiger partial charge in [0.2, 0.25) is 0 Å². The first-order valence-electron chi connectivity index (χ1n) is 5.83. The van der Waals surface area contributed by atoms with Gasteiger partial charge in [-0.1, -0.05) is 0 Å². The number of halogens is 4. The van der Waals surface area contributed by atoms with Crippen LogP contribution in [0.2, 0.25) is 0 Å². The van der Waals surface area contributed by atoms with Gasteiger partial charge in [0.05, 0.1) is 5.56 Å². The van der Waals surface area contributed by atoms with E-state index in [1.807, 2.05) is 0 Å². The Labute approximate surface area is 109 Å². The monoisotopic (exact) mass is 279 g/mol. The Bertz CT molecular complexity index is 437. The average Bonchev–Trinajstić information content (AvgIpc) is 2.22. The Morgan fingerprint density at radius 1 is 1.21 bits per heavy atom. The van der Waals surface area contributed by atoms with Crippen LogP contribution in [0.25, 0.3) is 0 Å². The van der Waals surface area contributed by atoms with Gasteiger partial charge in [-0.15, -0.1) is 0 Å². The number of hydrogen-bond acceptors (Lipinski definition) is 2. The van der Waals surface area contributed by atoms with Crippen LogP contribution in [-0.4, -0.2) is 17.3 Å². The van der Waals surface area contributed by atoms with Crippen molar-refractivity contribution >= 4 is 0 Å². The minimum atomic E-state index is -4.61. The Balaban J connectivity index is 3.28. The highest BCUT2D eigenvalue weighted by molar-refractivity contribution is 5.31. The summed E-state index contributed by atoms with van der Waals surface area (Å²) in [5.74, 6) is -1.52. The maximum Gasteiger partial charge on any atom is 0.416 e. The molecule has 6 heteroatoms. The van der Waals surface area contributed by atoms with Gasteiger partial charge in [-0.25, -0.2) is 4.39 Å². The van der Waals surface area contributed by atoms with Crippen LogP contribution in [0.1, 0.15) is 37.3 Å². The van der Waals surface area contributed by atoms with Crippen LogP contribution < -0.4 is 5.73 Å². The van der Waals surface area contributed by atoms with Gasteiger partial charge in [-0.3, -0.25) is 0 Å². The average molecular weight is 279 g/mol. The summed E-state index contributed by atoms with van der Waals surface area (Å²) in [4.78, 5) is 0. The molecule has 0 bridgehead atoms. The van der Waals surface area contributed by atoms with Crippen LogP contribution >= 0.6 is 0 Å². The van der Waals surface area contributed by atoms with Gasteiger partial charge in [-0.2, -0.15) is 13.2 Å². The molecule has 0 spiro atoms. The van der Waals surface area contributed by atoms with Gasteiger partial charge >= 0.3 is 6.18 Å². The molecule has 3 N–H and O–H groups in total. The van der Waals surface area contributed by atoms with Crippen molar-refractivity contribution in [3.63, 3.8) is 0 Å². The first-order valence-corrected chi connectivity index (χ1v) is 5.83. The number of alkyl halides is 3. The molecule has 108 valence electrons. The minimum Gasteiger partial charge on any atom is -0.396 e. The van der Waals surface area contributed by atoms with Crippen molar-refractivity contribution < 1.29 is 22.7 Å². The molecule has 1 atom stereocenters. The molecule has 0 saturated carbocycles. The highest BCUT2D eigenvalue weighted by atomic mass is 19.4. The van der Waals surface area contributed by atoms with Crippen LogP contribution in [0.4, 0.5) is 17.6 Å². The zero-order chi connectivity index (χ0) is 14.8. The summed E-state index contributed by atoms with van der Waals surface area (Å²) in [5, 5.41) is 8.99. The molecule has 2 nitrogen and oxygen atoms in total. The van der Waals surface area contributed by atoms with Crippen LogP contribution in [-0.2, 0) is 6.18 Å². The molecule has 0 amide bonds. The SMILES string of the molecule is CC(C)(N)C(CCO)c1cc(F)cc(C(F)(F)F)c1. The standard InChI is InChI=1S/C13H17F4NO/c1-12(2,18)11(3-4-19)8-5-9(13(15,16)17)7-10(14)6-8/h5-7,11,19H,3-4,18H2,1-2H3. The molecule has 0 aliphatic rings. The fourth-order valence-corrected chi connectivity index (χ4v) is 2.07. The van der Waals surface area contributed by atoms with Crippen molar-refractivity contribution in [1.29, 1.82) is 0 Å². The van der Waals surface area contributed by atoms with Crippen molar-refractivity contribution in [3.05, 3.63) is 35.1 Å². The number of nitrogens with two attached hydrogens (primary N) is 1. The third kappa shape index (κ3) is 4.18. The van der Waals surface area contributed by atoms with Gasteiger partial charge in [0.1, 0.15) is 5.82 Å². The first-order chi connectivity index (χ1) is 8.55. The van der Waals surface area contributed by atoms with Crippen molar-refractivity contribution in [3.8, 4) is 0 Å². The second-order valence-electron chi connectivity index (χ2n) is 5.16. The lowest BCUT2D eigenvalue weighted by atomic mass is 9.80. The first kappa shape index (κ1) is 15.9. The van der Waals surface area contributed by atoms with E-state index in [0.717, 1.165) is 12.1 Å². The summed E-state index contributed by atoms with van der Waals surface area (Å²) in [5.41, 5.74) is 4.13. The Morgan fingerprint density at radius 3 is 2.21 bits per heavy atom. The molecule has 19 heavy (non-hydrogen) atoms. The summed E-state index contributed by atoms with van der Waals surface area (Å²) >= 11 is 0. The predicted molar refractivity (Wildman–Crippen MR) is 64.1 cm³/mol. The second-order valence-corrected chi connectivity index (χ2v) is 5.16. The van der Waals surface area contributed by atoms with Gasteiger partial charge in [0, 0.05) is 18.1 Å². The molecule has 1 aromatic carbocycles. The Morgan fingerprint density at radius 2 is 1.79 bits per heavy atom. The topological polar surface area (TPSA) is 46.2 Å². The van der Waals surface area contributed by atoms with E-state index >= 15 is 0 Å². The van der Waals surface area contributed by atoms with E-state index in [-0.39, 0.29) is 18.6 Å². The quantitative estimate of drug-likeness (QED) is 0.832. The van der Waals surface area contributed by atoms with E-state index in [0.29, 0.717) is 6.07 Å². The van der Waals surface area contributed by atoms with Crippen LogP contribution in [0.5, 0.6) is 0 Å². The molecule has 0 radical (unpaired) electrons. The molecule has 1 rings (SSSR count). The number of hydrogen-bond donors (Lipinski definition) is 2. The lowest BCUT2D eigenvalue weighted by molar-refractivity contribution is -0.137. The maximum atomic E-state index is 13.3. The number of rotatable bonds is 4. The normalized spacial score (nSPS) is 14.5. The van der Waals surface area contributed by atoms with Crippen molar-refractivity contribution in [2.45, 2.75) is 37.9 Å². The number of aliphatic hydroxyl groups is 1. The van der Waals surface area contributed by atoms with Gasteiger partial charge in [-0.05, 0) is 44.0 Å².